The highest BCUT2D eigenvalue weighted by Gasteiger charge is 2.17. The minimum absolute atomic E-state index is 0.0814. The van der Waals surface area contributed by atoms with Gasteiger partial charge in [-0.2, -0.15) is 0 Å². The summed E-state index contributed by atoms with van der Waals surface area (Å²) in [6.45, 7) is 8.75. The molecule has 1 aliphatic heterocycles. The first-order valence-corrected chi connectivity index (χ1v) is 6.43. The van der Waals surface area contributed by atoms with E-state index in [9.17, 15) is 9.90 Å². The van der Waals surface area contributed by atoms with Crippen LogP contribution in [0.15, 0.2) is 18.2 Å². The summed E-state index contributed by atoms with van der Waals surface area (Å²) >= 11 is 0. The highest BCUT2D eigenvalue weighted by molar-refractivity contribution is 5.97. The fourth-order valence-corrected chi connectivity index (χ4v) is 2.34. The first kappa shape index (κ1) is 12.9. The monoisotopic (exact) mass is 248 g/mol. The smallest absolute Gasteiger partial charge is 0.163 e. The number of phenolic OH excluding ortho intramolecular Hbond substituents is 1. The maximum absolute atomic E-state index is 11.3. The van der Waals surface area contributed by atoms with Crippen LogP contribution in [0.5, 0.6) is 5.75 Å². The average Bonchev–Trinajstić information content (AvgIpc) is 2.38. The molecule has 18 heavy (non-hydrogen) atoms. The van der Waals surface area contributed by atoms with Crippen molar-refractivity contribution >= 4 is 11.5 Å². The number of likely N-dealkylation sites (N-methyl/N-ethyl adjacent to an activating group) is 1. The van der Waals surface area contributed by atoms with Crippen molar-refractivity contribution in [1.29, 1.82) is 0 Å². The SMILES string of the molecule is CCN1CCN(c2ccc(C(C)=O)c(O)c2)CC1. The first-order chi connectivity index (χ1) is 8.61. The second kappa shape index (κ2) is 5.40. The molecule has 0 saturated carbocycles. The fraction of sp³-hybridized carbons (Fsp3) is 0.500. The van der Waals surface area contributed by atoms with E-state index in [4.69, 9.17) is 0 Å². The Morgan fingerprint density at radius 1 is 1.28 bits per heavy atom. The van der Waals surface area contributed by atoms with Crippen molar-refractivity contribution < 1.29 is 9.90 Å². The van der Waals surface area contributed by atoms with Gasteiger partial charge >= 0.3 is 0 Å². The van der Waals surface area contributed by atoms with Gasteiger partial charge in [-0.1, -0.05) is 6.92 Å². The highest BCUT2D eigenvalue weighted by Crippen LogP contribution is 2.25. The second-order valence-electron chi connectivity index (χ2n) is 4.68. The summed E-state index contributed by atoms with van der Waals surface area (Å²) in [5.74, 6) is -0.0206. The van der Waals surface area contributed by atoms with E-state index in [1.165, 1.54) is 6.92 Å². The van der Waals surface area contributed by atoms with Gasteiger partial charge in [-0.15, -0.1) is 0 Å². The zero-order valence-electron chi connectivity index (χ0n) is 11.0. The molecule has 1 heterocycles. The number of hydrogen-bond acceptors (Lipinski definition) is 4. The number of Topliss-reactive ketones (excluding diaryl/α,β-unsaturated/α-hetero) is 1. The number of nitrogens with zero attached hydrogens (tertiary/aromatic N) is 2. The fourth-order valence-electron chi connectivity index (χ4n) is 2.34. The zero-order chi connectivity index (χ0) is 13.1. The van der Waals surface area contributed by atoms with Gasteiger partial charge in [0.15, 0.2) is 5.78 Å². The summed E-state index contributed by atoms with van der Waals surface area (Å²) in [4.78, 5) is 15.9. The molecule has 1 aromatic carbocycles. The number of hydrogen-bond donors (Lipinski definition) is 1. The van der Waals surface area contributed by atoms with Crippen molar-refractivity contribution in [1.82, 2.24) is 4.90 Å². The predicted octanol–water partition coefficient (Wildman–Crippen LogP) is 1.74. The van der Waals surface area contributed by atoms with E-state index in [1.807, 2.05) is 6.07 Å². The van der Waals surface area contributed by atoms with Crippen LogP contribution < -0.4 is 4.90 Å². The van der Waals surface area contributed by atoms with Crippen molar-refractivity contribution in [2.75, 3.05) is 37.6 Å². The van der Waals surface area contributed by atoms with Gasteiger partial charge in [-0.05, 0) is 25.6 Å². The molecule has 0 atom stereocenters. The quantitative estimate of drug-likeness (QED) is 0.827. The third-order valence-electron chi connectivity index (χ3n) is 3.55. The topological polar surface area (TPSA) is 43.8 Å². The normalized spacial score (nSPS) is 16.9. The maximum atomic E-state index is 11.3. The summed E-state index contributed by atoms with van der Waals surface area (Å²) in [6.07, 6.45) is 0. The molecule has 0 aromatic heterocycles. The highest BCUT2D eigenvalue weighted by atomic mass is 16.3. The van der Waals surface area contributed by atoms with Crippen LogP contribution >= 0.6 is 0 Å². The Hall–Kier alpha value is -1.55. The Morgan fingerprint density at radius 2 is 1.94 bits per heavy atom. The molecule has 0 amide bonds. The van der Waals surface area contributed by atoms with Crippen LogP contribution in [0.25, 0.3) is 0 Å². The molecule has 2 rings (SSSR count). The van der Waals surface area contributed by atoms with Gasteiger partial charge < -0.3 is 14.9 Å². The van der Waals surface area contributed by atoms with Crippen molar-refractivity contribution in [3.63, 3.8) is 0 Å². The standard InChI is InChI=1S/C14H20N2O2/c1-3-15-6-8-16(9-7-15)12-4-5-13(11(2)17)14(18)10-12/h4-5,10,18H,3,6-9H2,1-2H3. The number of rotatable bonds is 3. The molecule has 4 heteroatoms. The van der Waals surface area contributed by atoms with Gasteiger partial charge in [0.25, 0.3) is 0 Å². The average molecular weight is 248 g/mol. The molecule has 0 unspecified atom stereocenters. The van der Waals surface area contributed by atoms with E-state index in [2.05, 4.69) is 16.7 Å². The number of benzene rings is 1. The van der Waals surface area contributed by atoms with E-state index in [0.717, 1.165) is 38.4 Å². The summed E-state index contributed by atoms with van der Waals surface area (Å²) in [6, 6.07) is 5.32. The van der Waals surface area contributed by atoms with Gasteiger partial charge in [-0.3, -0.25) is 4.79 Å². The van der Waals surface area contributed by atoms with Crippen molar-refractivity contribution in [3.8, 4) is 5.75 Å². The van der Waals surface area contributed by atoms with Crippen LogP contribution in [0.2, 0.25) is 0 Å². The van der Waals surface area contributed by atoms with Gasteiger partial charge in [0.05, 0.1) is 5.56 Å². The summed E-state index contributed by atoms with van der Waals surface area (Å²) in [5.41, 5.74) is 1.39. The van der Waals surface area contributed by atoms with Crippen LogP contribution in [-0.2, 0) is 0 Å². The largest absolute Gasteiger partial charge is 0.507 e. The number of piperazine rings is 1. The van der Waals surface area contributed by atoms with Crippen molar-refractivity contribution in [2.45, 2.75) is 13.8 Å². The Labute approximate surface area is 108 Å². The lowest BCUT2D eigenvalue weighted by Gasteiger charge is -2.35. The maximum Gasteiger partial charge on any atom is 0.163 e. The summed E-state index contributed by atoms with van der Waals surface area (Å²) in [7, 11) is 0. The van der Waals surface area contributed by atoms with E-state index in [-0.39, 0.29) is 11.5 Å². The Balaban J connectivity index is 2.11. The van der Waals surface area contributed by atoms with Crippen molar-refractivity contribution in [2.24, 2.45) is 0 Å². The predicted molar refractivity (Wildman–Crippen MR) is 72.4 cm³/mol. The number of anilines is 1. The zero-order valence-corrected chi connectivity index (χ0v) is 11.0. The molecular weight excluding hydrogens is 228 g/mol. The third kappa shape index (κ3) is 2.64. The van der Waals surface area contributed by atoms with E-state index in [0.29, 0.717) is 5.56 Å². The van der Waals surface area contributed by atoms with Gasteiger partial charge in [0, 0.05) is 37.9 Å². The van der Waals surface area contributed by atoms with Crippen LogP contribution in [-0.4, -0.2) is 48.5 Å². The van der Waals surface area contributed by atoms with Crippen LogP contribution in [0.1, 0.15) is 24.2 Å². The van der Waals surface area contributed by atoms with Crippen LogP contribution in [0.4, 0.5) is 5.69 Å². The molecule has 1 saturated heterocycles. The lowest BCUT2D eigenvalue weighted by molar-refractivity contribution is 0.101. The van der Waals surface area contributed by atoms with E-state index < -0.39 is 0 Å². The second-order valence-corrected chi connectivity index (χ2v) is 4.68. The molecule has 1 aromatic rings. The molecule has 0 aliphatic carbocycles. The van der Waals surface area contributed by atoms with Gasteiger partial charge in [-0.25, -0.2) is 0 Å². The number of phenols is 1. The first-order valence-electron chi connectivity index (χ1n) is 6.43. The molecule has 1 fully saturated rings. The Kier molecular flexibility index (Phi) is 3.87. The van der Waals surface area contributed by atoms with Gasteiger partial charge in [0.1, 0.15) is 5.75 Å². The third-order valence-corrected chi connectivity index (χ3v) is 3.55. The molecule has 0 bridgehead atoms. The minimum atomic E-state index is -0.102. The molecule has 4 nitrogen and oxygen atoms in total. The van der Waals surface area contributed by atoms with Crippen molar-refractivity contribution in [3.05, 3.63) is 23.8 Å². The molecule has 0 radical (unpaired) electrons. The molecule has 0 spiro atoms. The number of carbonyl (C=O) groups excluding carboxylic acids is 1. The Bertz CT molecular complexity index is 437. The van der Waals surface area contributed by atoms with E-state index in [1.54, 1.807) is 12.1 Å². The van der Waals surface area contributed by atoms with Crippen LogP contribution in [0.3, 0.4) is 0 Å². The van der Waals surface area contributed by atoms with Crippen LogP contribution in [0, 0.1) is 0 Å². The summed E-state index contributed by atoms with van der Waals surface area (Å²) < 4.78 is 0. The summed E-state index contributed by atoms with van der Waals surface area (Å²) in [5, 5.41) is 9.83. The molecule has 1 aliphatic rings. The number of carbonyl (C=O) groups is 1. The molecule has 98 valence electrons. The lowest BCUT2D eigenvalue weighted by atomic mass is 10.1. The van der Waals surface area contributed by atoms with Gasteiger partial charge in [0.2, 0.25) is 0 Å². The lowest BCUT2D eigenvalue weighted by Crippen LogP contribution is -2.46. The number of aromatic hydroxyl groups is 1. The molecule has 1 N–H and O–H groups in total. The van der Waals surface area contributed by atoms with E-state index >= 15 is 0 Å². The Morgan fingerprint density at radius 3 is 2.44 bits per heavy atom. The molecular formula is C14H20N2O2. The number of ketones is 1. The minimum Gasteiger partial charge on any atom is -0.507 e.